The number of carbonyl (C=O) groups excluding carboxylic acids is 3. The van der Waals surface area contributed by atoms with Crippen LogP contribution in [0.15, 0.2) is 54.6 Å². The highest BCUT2D eigenvalue weighted by molar-refractivity contribution is 6.01. The van der Waals surface area contributed by atoms with E-state index in [1.165, 1.54) is 4.90 Å². The fourth-order valence-electron chi connectivity index (χ4n) is 3.82. The summed E-state index contributed by atoms with van der Waals surface area (Å²) in [6.07, 6.45) is 0.0400. The molecule has 0 spiro atoms. The quantitative estimate of drug-likeness (QED) is 0.523. The van der Waals surface area contributed by atoms with Crippen LogP contribution in [0.1, 0.15) is 16.9 Å². The van der Waals surface area contributed by atoms with Gasteiger partial charge in [-0.25, -0.2) is 0 Å². The van der Waals surface area contributed by atoms with E-state index in [-0.39, 0.29) is 24.6 Å². The molecule has 0 aliphatic carbocycles. The predicted molar refractivity (Wildman–Crippen MR) is 118 cm³/mol. The highest BCUT2D eigenvalue weighted by Gasteiger charge is 2.36. The molecule has 2 aromatic carbocycles. The number of ether oxygens (including phenoxy) is 2. The summed E-state index contributed by atoms with van der Waals surface area (Å²) in [5.41, 5.74) is 7.09. The van der Waals surface area contributed by atoms with Gasteiger partial charge in [-0.15, -0.1) is 0 Å². The van der Waals surface area contributed by atoms with E-state index < -0.39 is 17.7 Å². The van der Waals surface area contributed by atoms with Gasteiger partial charge in [0.1, 0.15) is 18.9 Å². The lowest BCUT2D eigenvalue weighted by Crippen LogP contribution is -2.45. The van der Waals surface area contributed by atoms with Crippen LogP contribution in [0.2, 0.25) is 0 Å². The molecule has 10 heteroatoms. The Bertz CT molecular complexity index is 1210. The zero-order valence-electron chi connectivity index (χ0n) is 17.5. The van der Waals surface area contributed by atoms with Crippen molar-refractivity contribution in [1.82, 2.24) is 21.0 Å². The van der Waals surface area contributed by atoms with Gasteiger partial charge in [-0.1, -0.05) is 30.3 Å². The molecule has 3 N–H and O–H groups in total. The van der Waals surface area contributed by atoms with Crippen LogP contribution in [0.5, 0.6) is 11.5 Å². The number of rotatable bonds is 4. The van der Waals surface area contributed by atoms with E-state index in [0.717, 1.165) is 5.56 Å². The summed E-state index contributed by atoms with van der Waals surface area (Å²) in [6.45, 7) is 1.12. The molecular weight excluding hydrogens is 426 g/mol. The van der Waals surface area contributed by atoms with E-state index in [9.17, 15) is 14.4 Å². The Morgan fingerprint density at radius 3 is 2.61 bits per heavy atom. The fraction of sp³-hybridized carbons (Fsp3) is 0.217. The number of aromatic nitrogens is 2. The van der Waals surface area contributed by atoms with Gasteiger partial charge >= 0.3 is 0 Å². The topological polar surface area (TPSA) is 126 Å². The van der Waals surface area contributed by atoms with Crippen LogP contribution in [-0.4, -0.2) is 47.7 Å². The smallest absolute Gasteiger partial charge is 0.287 e. The van der Waals surface area contributed by atoms with Gasteiger partial charge in [0, 0.05) is 30.3 Å². The average molecular weight is 447 g/mol. The summed E-state index contributed by atoms with van der Waals surface area (Å²) >= 11 is 0. The van der Waals surface area contributed by atoms with Gasteiger partial charge in [0.25, 0.3) is 5.91 Å². The van der Waals surface area contributed by atoms with Crippen LogP contribution >= 0.6 is 0 Å². The van der Waals surface area contributed by atoms with Gasteiger partial charge in [-0.3, -0.25) is 30.3 Å². The molecule has 1 unspecified atom stereocenters. The lowest BCUT2D eigenvalue weighted by Gasteiger charge is -2.22. The van der Waals surface area contributed by atoms with Crippen molar-refractivity contribution in [2.45, 2.75) is 6.42 Å². The Labute approximate surface area is 188 Å². The molecule has 0 radical (unpaired) electrons. The maximum absolute atomic E-state index is 12.6. The summed E-state index contributed by atoms with van der Waals surface area (Å²) in [6, 6.07) is 16.2. The molecule has 0 saturated carbocycles. The van der Waals surface area contributed by atoms with Crippen molar-refractivity contribution in [3.05, 3.63) is 60.3 Å². The minimum Gasteiger partial charge on any atom is -0.486 e. The molecule has 3 heterocycles. The number of benzene rings is 2. The van der Waals surface area contributed by atoms with E-state index in [1.54, 1.807) is 24.3 Å². The normalized spacial score (nSPS) is 17.0. The van der Waals surface area contributed by atoms with E-state index >= 15 is 0 Å². The van der Waals surface area contributed by atoms with E-state index in [2.05, 4.69) is 21.0 Å². The number of fused-ring (bicyclic) bond motifs is 1. The van der Waals surface area contributed by atoms with Gasteiger partial charge < -0.3 is 14.4 Å². The maximum atomic E-state index is 12.6. The first kappa shape index (κ1) is 20.6. The maximum Gasteiger partial charge on any atom is 0.287 e. The number of nitrogens with zero attached hydrogens (tertiary/aromatic N) is 2. The number of hydrogen-bond donors (Lipinski definition) is 3. The molecule has 10 nitrogen and oxygen atoms in total. The molecular formula is C23H21N5O5. The standard InChI is InChI=1S/C23H21N5O5/c29-21-10-15(13-28(21)16-6-7-19-20(11-16)33-9-8-32-19)22(30)26-27-23(31)18-12-17(24-25-18)14-4-2-1-3-5-14/h1-7,11-12,15H,8-10,13H2,(H,24,25)(H,26,30)(H,27,31). The molecule has 1 aromatic heterocycles. The lowest BCUT2D eigenvalue weighted by atomic mass is 10.1. The van der Waals surface area contributed by atoms with Gasteiger partial charge in [-0.05, 0) is 18.2 Å². The van der Waals surface area contributed by atoms with Gasteiger partial charge in [0.15, 0.2) is 11.5 Å². The molecule has 33 heavy (non-hydrogen) atoms. The Morgan fingerprint density at radius 2 is 1.79 bits per heavy atom. The van der Waals surface area contributed by atoms with Gasteiger partial charge in [-0.2, -0.15) is 5.10 Å². The number of carbonyl (C=O) groups is 3. The summed E-state index contributed by atoms with van der Waals surface area (Å²) < 4.78 is 11.1. The second-order valence-corrected chi connectivity index (χ2v) is 7.71. The molecule has 1 atom stereocenters. The summed E-state index contributed by atoms with van der Waals surface area (Å²) in [5.74, 6) is -0.568. The summed E-state index contributed by atoms with van der Waals surface area (Å²) in [7, 11) is 0. The number of amides is 3. The van der Waals surface area contributed by atoms with Crippen molar-refractivity contribution in [2.24, 2.45) is 5.92 Å². The third-order valence-electron chi connectivity index (χ3n) is 5.52. The van der Waals surface area contributed by atoms with Crippen molar-refractivity contribution in [2.75, 3.05) is 24.7 Å². The summed E-state index contributed by atoms with van der Waals surface area (Å²) in [4.78, 5) is 39.0. The highest BCUT2D eigenvalue weighted by Crippen LogP contribution is 2.36. The molecule has 2 aliphatic heterocycles. The number of hydrazine groups is 1. The van der Waals surface area contributed by atoms with Crippen LogP contribution in [-0.2, 0) is 9.59 Å². The number of aromatic amines is 1. The molecule has 168 valence electrons. The largest absolute Gasteiger partial charge is 0.486 e. The molecule has 2 aliphatic rings. The minimum absolute atomic E-state index is 0.0400. The number of hydrogen-bond acceptors (Lipinski definition) is 6. The Hall–Kier alpha value is -4.34. The monoisotopic (exact) mass is 447 g/mol. The minimum atomic E-state index is -0.604. The fourth-order valence-corrected chi connectivity index (χ4v) is 3.82. The second-order valence-electron chi connectivity index (χ2n) is 7.71. The zero-order chi connectivity index (χ0) is 22.8. The first-order valence-corrected chi connectivity index (χ1v) is 10.5. The molecule has 3 amide bonds. The van der Waals surface area contributed by atoms with E-state index in [0.29, 0.717) is 36.1 Å². The third kappa shape index (κ3) is 4.22. The summed E-state index contributed by atoms with van der Waals surface area (Å²) in [5, 5.41) is 6.79. The average Bonchev–Trinajstić information content (AvgIpc) is 3.50. The molecule has 1 fully saturated rings. The first-order chi connectivity index (χ1) is 16.1. The van der Waals surface area contributed by atoms with Crippen LogP contribution in [0, 0.1) is 5.92 Å². The molecule has 0 bridgehead atoms. The SMILES string of the molecule is O=C(NNC(=O)C1CC(=O)N(c2ccc3c(c2)OCCO3)C1)c1cc(-c2ccccc2)n[nH]1. The van der Waals surface area contributed by atoms with Crippen LogP contribution in [0.4, 0.5) is 5.69 Å². The van der Waals surface area contributed by atoms with Gasteiger partial charge in [0.05, 0.1) is 11.6 Å². The van der Waals surface area contributed by atoms with Crippen molar-refractivity contribution in [3.8, 4) is 22.8 Å². The number of H-pyrrole nitrogens is 1. The molecule has 5 rings (SSSR count). The van der Waals surface area contributed by atoms with Crippen molar-refractivity contribution >= 4 is 23.4 Å². The number of anilines is 1. The lowest BCUT2D eigenvalue weighted by molar-refractivity contribution is -0.126. The highest BCUT2D eigenvalue weighted by atomic mass is 16.6. The van der Waals surface area contributed by atoms with Crippen LogP contribution in [0.25, 0.3) is 11.3 Å². The Morgan fingerprint density at radius 1 is 1.00 bits per heavy atom. The van der Waals surface area contributed by atoms with Crippen LogP contribution in [0.3, 0.4) is 0 Å². The second kappa shape index (κ2) is 8.65. The Balaban J connectivity index is 1.18. The van der Waals surface area contributed by atoms with Crippen molar-refractivity contribution in [3.63, 3.8) is 0 Å². The van der Waals surface area contributed by atoms with E-state index in [1.807, 2.05) is 30.3 Å². The van der Waals surface area contributed by atoms with Crippen molar-refractivity contribution < 1.29 is 23.9 Å². The third-order valence-corrected chi connectivity index (χ3v) is 5.52. The molecule has 1 saturated heterocycles. The first-order valence-electron chi connectivity index (χ1n) is 10.5. The van der Waals surface area contributed by atoms with Crippen LogP contribution < -0.4 is 25.2 Å². The van der Waals surface area contributed by atoms with Gasteiger partial charge in [0.2, 0.25) is 11.8 Å². The number of nitrogens with one attached hydrogen (secondary N) is 3. The van der Waals surface area contributed by atoms with Crippen molar-refractivity contribution in [1.29, 1.82) is 0 Å². The molecule has 3 aromatic rings. The van der Waals surface area contributed by atoms with E-state index in [4.69, 9.17) is 9.47 Å². The zero-order valence-corrected chi connectivity index (χ0v) is 17.5. The predicted octanol–water partition coefficient (Wildman–Crippen LogP) is 1.66. The Kier molecular flexibility index (Phi) is 5.39.